The lowest BCUT2D eigenvalue weighted by Gasteiger charge is -2.40. The minimum Gasteiger partial charge on any atom is -0.334 e. The summed E-state index contributed by atoms with van der Waals surface area (Å²) < 4.78 is 0. The van der Waals surface area contributed by atoms with Crippen molar-refractivity contribution in [3.05, 3.63) is 107 Å². The Bertz CT molecular complexity index is 1110. The minimum absolute atomic E-state index is 0.0236. The summed E-state index contributed by atoms with van der Waals surface area (Å²) in [6.07, 6.45) is 0. The number of amides is 3. The number of nitrogens with one attached hydrogen (secondary N) is 1. The van der Waals surface area contributed by atoms with Crippen molar-refractivity contribution in [3.63, 3.8) is 0 Å². The van der Waals surface area contributed by atoms with E-state index >= 15 is 0 Å². The van der Waals surface area contributed by atoms with Crippen LogP contribution in [0.3, 0.4) is 0 Å². The molecule has 30 heavy (non-hydrogen) atoms. The molecule has 5 heteroatoms. The maximum Gasteiger partial charge on any atom is 0.320 e. The molecule has 2 aliphatic rings. The summed E-state index contributed by atoms with van der Waals surface area (Å²) in [5, 5.41) is 3.05. The number of hydrogen-bond acceptors (Lipinski definition) is 2. The molecule has 0 aliphatic carbocycles. The Labute approximate surface area is 175 Å². The van der Waals surface area contributed by atoms with Gasteiger partial charge < -0.3 is 10.2 Å². The summed E-state index contributed by atoms with van der Waals surface area (Å²) >= 11 is 0. The van der Waals surface area contributed by atoms with Crippen LogP contribution >= 0.6 is 0 Å². The van der Waals surface area contributed by atoms with Crippen LogP contribution in [0, 0.1) is 6.92 Å². The Morgan fingerprint density at radius 1 is 0.933 bits per heavy atom. The fourth-order valence-electron chi connectivity index (χ4n) is 4.70. The summed E-state index contributed by atoms with van der Waals surface area (Å²) in [7, 11) is 0. The number of hydrogen-bond donors (Lipinski definition) is 1. The molecule has 1 fully saturated rings. The average Bonchev–Trinajstić information content (AvgIpc) is 3.29. The molecule has 1 atom stereocenters. The largest absolute Gasteiger partial charge is 0.334 e. The fourth-order valence-corrected chi connectivity index (χ4v) is 4.70. The summed E-state index contributed by atoms with van der Waals surface area (Å²) in [5.41, 5.74) is 3.72. The van der Waals surface area contributed by atoms with Crippen molar-refractivity contribution < 1.29 is 9.59 Å². The first-order valence-electron chi connectivity index (χ1n) is 10.2. The van der Waals surface area contributed by atoms with Crippen molar-refractivity contribution in [1.82, 2.24) is 15.1 Å². The van der Waals surface area contributed by atoms with Gasteiger partial charge in [0.15, 0.2) is 5.66 Å². The Morgan fingerprint density at radius 2 is 1.63 bits per heavy atom. The smallest absolute Gasteiger partial charge is 0.320 e. The van der Waals surface area contributed by atoms with Crippen molar-refractivity contribution in [1.29, 1.82) is 0 Å². The van der Waals surface area contributed by atoms with Crippen LogP contribution in [0.25, 0.3) is 0 Å². The zero-order chi connectivity index (χ0) is 20.7. The molecule has 2 heterocycles. The number of nitrogens with zero attached hydrogens (tertiary/aromatic N) is 2. The fraction of sp³-hybridized carbons (Fsp3) is 0.200. The van der Waals surface area contributed by atoms with Gasteiger partial charge in [-0.25, -0.2) is 4.79 Å². The van der Waals surface area contributed by atoms with Crippen LogP contribution in [-0.2, 0) is 12.2 Å². The monoisotopic (exact) mass is 397 g/mol. The first-order chi connectivity index (χ1) is 14.6. The Morgan fingerprint density at radius 3 is 2.40 bits per heavy atom. The molecule has 0 aromatic heterocycles. The molecule has 1 unspecified atom stereocenters. The number of benzene rings is 3. The molecule has 0 spiro atoms. The molecule has 5 rings (SSSR count). The van der Waals surface area contributed by atoms with Gasteiger partial charge >= 0.3 is 6.03 Å². The zero-order valence-corrected chi connectivity index (χ0v) is 16.8. The van der Waals surface area contributed by atoms with E-state index in [0.717, 1.165) is 22.3 Å². The van der Waals surface area contributed by atoms with Gasteiger partial charge in [-0.2, -0.15) is 0 Å². The second kappa shape index (κ2) is 7.02. The molecule has 2 aliphatic heterocycles. The van der Waals surface area contributed by atoms with Gasteiger partial charge in [0.25, 0.3) is 5.91 Å². The SMILES string of the molecule is Cc1ccc(C23c4ccccc4C(=O)N2CCN3C(=O)NCc2ccccc2)cc1. The average molecular weight is 397 g/mol. The van der Waals surface area contributed by atoms with Gasteiger partial charge in [0.05, 0.1) is 0 Å². The van der Waals surface area contributed by atoms with Crippen molar-refractivity contribution in [2.75, 3.05) is 13.1 Å². The van der Waals surface area contributed by atoms with Gasteiger partial charge in [0.2, 0.25) is 0 Å². The van der Waals surface area contributed by atoms with Gasteiger partial charge in [-0.1, -0.05) is 78.4 Å². The van der Waals surface area contributed by atoms with Crippen molar-refractivity contribution >= 4 is 11.9 Å². The highest BCUT2D eigenvalue weighted by Crippen LogP contribution is 2.49. The molecule has 0 bridgehead atoms. The van der Waals surface area contributed by atoms with Gasteiger partial charge in [-0.05, 0) is 18.6 Å². The van der Waals surface area contributed by atoms with Crippen molar-refractivity contribution in [3.8, 4) is 0 Å². The normalized spacial score (nSPS) is 19.6. The third-order valence-corrected chi connectivity index (χ3v) is 6.09. The maximum atomic E-state index is 13.4. The van der Waals surface area contributed by atoms with Gasteiger partial charge in [0, 0.05) is 36.3 Å². The summed E-state index contributed by atoms with van der Waals surface area (Å²) in [6.45, 7) is 3.45. The van der Waals surface area contributed by atoms with Crippen LogP contribution < -0.4 is 5.32 Å². The predicted molar refractivity (Wildman–Crippen MR) is 115 cm³/mol. The zero-order valence-electron chi connectivity index (χ0n) is 16.8. The van der Waals surface area contributed by atoms with Gasteiger partial charge in [-0.3, -0.25) is 9.69 Å². The summed E-state index contributed by atoms with van der Waals surface area (Å²) in [5.74, 6) is -0.0236. The van der Waals surface area contributed by atoms with E-state index in [-0.39, 0.29) is 11.9 Å². The highest BCUT2D eigenvalue weighted by atomic mass is 16.2. The van der Waals surface area contributed by atoms with E-state index in [1.165, 1.54) is 0 Å². The molecular formula is C25H23N3O2. The van der Waals surface area contributed by atoms with E-state index in [9.17, 15) is 9.59 Å². The van der Waals surface area contributed by atoms with Crippen LogP contribution in [0.1, 0.15) is 32.6 Å². The van der Waals surface area contributed by atoms with Crippen LogP contribution in [0.5, 0.6) is 0 Å². The molecule has 3 amide bonds. The maximum absolute atomic E-state index is 13.4. The van der Waals surface area contributed by atoms with E-state index in [1.807, 2.05) is 95.6 Å². The Hall–Kier alpha value is -3.60. The topological polar surface area (TPSA) is 52.7 Å². The Balaban J connectivity index is 1.58. The quantitative estimate of drug-likeness (QED) is 0.729. The molecule has 0 saturated carbocycles. The van der Waals surface area contributed by atoms with Crippen molar-refractivity contribution in [2.45, 2.75) is 19.1 Å². The number of aryl methyl sites for hydroxylation is 1. The van der Waals surface area contributed by atoms with E-state index in [2.05, 4.69) is 5.32 Å². The van der Waals surface area contributed by atoms with E-state index < -0.39 is 5.66 Å². The van der Waals surface area contributed by atoms with Crippen LogP contribution in [0.4, 0.5) is 4.79 Å². The van der Waals surface area contributed by atoms with E-state index in [0.29, 0.717) is 25.2 Å². The van der Waals surface area contributed by atoms with Crippen LogP contribution in [-0.4, -0.2) is 34.8 Å². The lowest BCUT2D eigenvalue weighted by molar-refractivity contribution is 0.0545. The molecular weight excluding hydrogens is 374 g/mol. The van der Waals surface area contributed by atoms with Gasteiger partial charge in [0.1, 0.15) is 0 Å². The number of carbonyl (C=O) groups is 2. The van der Waals surface area contributed by atoms with E-state index in [4.69, 9.17) is 0 Å². The van der Waals surface area contributed by atoms with Crippen LogP contribution in [0.2, 0.25) is 0 Å². The van der Waals surface area contributed by atoms with Crippen molar-refractivity contribution in [2.24, 2.45) is 0 Å². The molecule has 1 N–H and O–H groups in total. The molecule has 0 radical (unpaired) electrons. The summed E-state index contributed by atoms with van der Waals surface area (Å²) in [4.78, 5) is 30.3. The lowest BCUT2D eigenvalue weighted by Crippen LogP contribution is -2.54. The standard InChI is InChI=1S/C25H23N3O2/c1-18-11-13-20(14-12-18)25-22-10-6-5-9-21(22)23(29)27(25)15-16-28(25)24(30)26-17-19-7-3-2-4-8-19/h2-14H,15-17H2,1H3,(H,26,30). The highest BCUT2D eigenvalue weighted by Gasteiger charge is 2.59. The molecule has 1 saturated heterocycles. The number of carbonyl (C=O) groups excluding carboxylic acids is 2. The third-order valence-electron chi connectivity index (χ3n) is 6.09. The second-order valence-corrected chi connectivity index (χ2v) is 7.84. The number of urea groups is 1. The lowest BCUT2D eigenvalue weighted by atomic mass is 9.89. The number of fused-ring (bicyclic) bond motifs is 3. The first kappa shape index (κ1) is 18.4. The Kier molecular flexibility index (Phi) is 4.31. The predicted octanol–water partition coefficient (Wildman–Crippen LogP) is 3.88. The van der Waals surface area contributed by atoms with Gasteiger partial charge in [-0.15, -0.1) is 0 Å². The minimum atomic E-state index is -0.915. The van der Waals surface area contributed by atoms with E-state index in [1.54, 1.807) is 0 Å². The third kappa shape index (κ3) is 2.62. The highest BCUT2D eigenvalue weighted by molar-refractivity contribution is 6.02. The molecule has 3 aromatic carbocycles. The second-order valence-electron chi connectivity index (χ2n) is 7.84. The molecule has 3 aromatic rings. The first-order valence-corrected chi connectivity index (χ1v) is 10.2. The molecule has 150 valence electrons. The van der Waals surface area contributed by atoms with Crippen LogP contribution in [0.15, 0.2) is 78.9 Å². The summed E-state index contributed by atoms with van der Waals surface area (Å²) in [6, 6.07) is 25.4. The number of rotatable bonds is 3. The molecule has 5 nitrogen and oxygen atoms in total.